The zero-order valence-corrected chi connectivity index (χ0v) is 12.3. The average molecular weight is 321 g/mol. The summed E-state index contributed by atoms with van der Waals surface area (Å²) < 4.78 is 1.00. The highest BCUT2D eigenvalue weighted by molar-refractivity contribution is 9.10. The van der Waals surface area contributed by atoms with Gasteiger partial charge >= 0.3 is 6.03 Å². The molecule has 0 spiro atoms. The van der Waals surface area contributed by atoms with Gasteiger partial charge in [-0.15, -0.1) is 11.3 Å². The predicted molar refractivity (Wildman–Crippen MR) is 73.1 cm³/mol. The number of aliphatic hydroxyl groups excluding tert-OH is 1. The van der Waals surface area contributed by atoms with Gasteiger partial charge in [0.05, 0.1) is 19.2 Å². The highest BCUT2D eigenvalue weighted by atomic mass is 79.9. The Balaban J connectivity index is 2.37. The first-order valence-corrected chi connectivity index (χ1v) is 7.09. The Kier molecular flexibility index (Phi) is 5.94. The molecule has 1 aromatic rings. The molecule has 96 valence electrons. The van der Waals surface area contributed by atoms with Gasteiger partial charge in [0.25, 0.3) is 0 Å². The van der Waals surface area contributed by atoms with Crippen molar-refractivity contribution in [1.29, 1.82) is 0 Å². The van der Waals surface area contributed by atoms with Crippen LogP contribution in [0.25, 0.3) is 0 Å². The van der Waals surface area contributed by atoms with Crippen LogP contribution < -0.4 is 10.6 Å². The number of urea groups is 1. The van der Waals surface area contributed by atoms with E-state index in [0.717, 1.165) is 9.35 Å². The van der Waals surface area contributed by atoms with Gasteiger partial charge in [-0.3, -0.25) is 0 Å². The largest absolute Gasteiger partial charge is 0.394 e. The first kappa shape index (κ1) is 14.5. The summed E-state index contributed by atoms with van der Waals surface area (Å²) in [4.78, 5) is 12.7. The maximum Gasteiger partial charge on any atom is 0.315 e. The van der Waals surface area contributed by atoms with Gasteiger partial charge in [0.15, 0.2) is 0 Å². The van der Waals surface area contributed by atoms with Crippen LogP contribution in [0.3, 0.4) is 0 Å². The van der Waals surface area contributed by atoms with Crippen molar-refractivity contribution in [3.05, 3.63) is 20.8 Å². The van der Waals surface area contributed by atoms with Crippen molar-refractivity contribution in [3.8, 4) is 0 Å². The van der Waals surface area contributed by atoms with Gasteiger partial charge in [-0.2, -0.15) is 0 Å². The molecule has 1 aromatic heterocycles. The Morgan fingerprint density at radius 1 is 1.59 bits per heavy atom. The second-order valence-corrected chi connectivity index (χ2v) is 5.91. The molecule has 0 bridgehead atoms. The molecule has 6 heteroatoms. The van der Waals surface area contributed by atoms with E-state index in [1.54, 1.807) is 11.3 Å². The van der Waals surface area contributed by atoms with Crippen LogP contribution in [-0.4, -0.2) is 23.8 Å². The Bertz CT molecular complexity index is 368. The molecule has 0 radical (unpaired) electrons. The maximum absolute atomic E-state index is 11.6. The first-order valence-electron chi connectivity index (χ1n) is 5.41. The van der Waals surface area contributed by atoms with Crippen molar-refractivity contribution in [2.45, 2.75) is 26.4 Å². The molecule has 0 aliphatic carbocycles. The van der Waals surface area contributed by atoms with Crippen molar-refractivity contribution >= 4 is 33.3 Å². The fraction of sp³-hybridized carbons (Fsp3) is 0.545. The molecule has 0 aliphatic heterocycles. The van der Waals surface area contributed by atoms with E-state index in [1.165, 1.54) is 0 Å². The number of carbonyl (C=O) groups excluding carboxylic acids is 1. The molecule has 3 N–H and O–H groups in total. The number of thiophene rings is 1. The zero-order valence-electron chi connectivity index (χ0n) is 9.87. The Labute approximate surface area is 114 Å². The lowest BCUT2D eigenvalue weighted by atomic mass is 10.1. The molecule has 0 aromatic carbocycles. The lowest BCUT2D eigenvalue weighted by molar-refractivity contribution is 0.198. The van der Waals surface area contributed by atoms with Gasteiger partial charge in [-0.05, 0) is 33.3 Å². The lowest BCUT2D eigenvalue weighted by Gasteiger charge is -2.20. The maximum atomic E-state index is 11.6. The Morgan fingerprint density at radius 2 is 2.29 bits per heavy atom. The minimum Gasteiger partial charge on any atom is -0.394 e. The van der Waals surface area contributed by atoms with Gasteiger partial charge in [0.1, 0.15) is 0 Å². The third-order valence-corrected chi connectivity index (χ3v) is 4.34. The molecule has 1 heterocycles. The van der Waals surface area contributed by atoms with Crippen LogP contribution in [0.2, 0.25) is 0 Å². The van der Waals surface area contributed by atoms with Gasteiger partial charge in [-0.25, -0.2) is 4.79 Å². The number of hydrogen-bond donors (Lipinski definition) is 3. The minimum absolute atomic E-state index is 0.0478. The third kappa shape index (κ3) is 4.65. The van der Waals surface area contributed by atoms with Crippen LogP contribution in [0.4, 0.5) is 4.79 Å². The Hall–Kier alpha value is -0.590. The normalized spacial score (nSPS) is 12.5. The number of hydrogen-bond acceptors (Lipinski definition) is 3. The van der Waals surface area contributed by atoms with E-state index >= 15 is 0 Å². The van der Waals surface area contributed by atoms with Gasteiger partial charge in [0.2, 0.25) is 0 Å². The van der Waals surface area contributed by atoms with E-state index in [2.05, 4.69) is 26.6 Å². The van der Waals surface area contributed by atoms with Crippen LogP contribution >= 0.6 is 27.3 Å². The number of halogens is 1. The van der Waals surface area contributed by atoms with Crippen molar-refractivity contribution in [2.75, 3.05) is 6.61 Å². The summed E-state index contributed by atoms with van der Waals surface area (Å²) in [6, 6.07) is 1.49. The summed E-state index contributed by atoms with van der Waals surface area (Å²) in [5, 5.41) is 16.6. The fourth-order valence-electron chi connectivity index (χ4n) is 1.25. The third-order valence-electron chi connectivity index (χ3n) is 2.42. The van der Waals surface area contributed by atoms with Crippen molar-refractivity contribution in [2.24, 2.45) is 5.92 Å². The van der Waals surface area contributed by atoms with Crippen LogP contribution in [0.15, 0.2) is 15.9 Å². The van der Waals surface area contributed by atoms with Crippen LogP contribution in [0, 0.1) is 5.92 Å². The van der Waals surface area contributed by atoms with Crippen LogP contribution in [-0.2, 0) is 6.54 Å². The van der Waals surface area contributed by atoms with Gasteiger partial charge in [0, 0.05) is 9.35 Å². The fourth-order valence-corrected chi connectivity index (χ4v) is 2.69. The standard InChI is InChI=1S/C11H17BrN2O2S/c1-7(2)9(6-15)14-11(16)13-5-10-8(12)3-4-17-10/h3-4,7,9,15H,5-6H2,1-2H3,(H2,13,14,16)/t9-/m1/s1. The highest BCUT2D eigenvalue weighted by Gasteiger charge is 2.14. The lowest BCUT2D eigenvalue weighted by Crippen LogP contribution is -2.46. The molecule has 4 nitrogen and oxygen atoms in total. The molecule has 17 heavy (non-hydrogen) atoms. The second kappa shape index (κ2) is 6.98. The molecule has 1 rings (SSSR count). The van der Waals surface area contributed by atoms with E-state index in [4.69, 9.17) is 5.11 Å². The summed E-state index contributed by atoms with van der Waals surface area (Å²) in [5.74, 6) is 0.208. The second-order valence-electron chi connectivity index (χ2n) is 4.05. The number of amides is 2. The van der Waals surface area contributed by atoms with Crippen molar-refractivity contribution in [3.63, 3.8) is 0 Å². The average Bonchev–Trinajstić information content (AvgIpc) is 2.68. The van der Waals surface area contributed by atoms with Crippen LogP contribution in [0.5, 0.6) is 0 Å². The number of nitrogens with one attached hydrogen (secondary N) is 2. The molecular weight excluding hydrogens is 304 g/mol. The van der Waals surface area contributed by atoms with Crippen molar-refractivity contribution < 1.29 is 9.90 Å². The molecule has 2 amide bonds. The summed E-state index contributed by atoms with van der Waals surface area (Å²) in [5.41, 5.74) is 0. The summed E-state index contributed by atoms with van der Waals surface area (Å²) in [7, 11) is 0. The molecule has 0 fully saturated rings. The molecule has 0 saturated carbocycles. The quantitative estimate of drug-likeness (QED) is 0.779. The topological polar surface area (TPSA) is 61.4 Å². The van der Waals surface area contributed by atoms with E-state index in [-0.39, 0.29) is 24.6 Å². The number of aliphatic hydroxyl groups is 1. The monoisotopic (exact) mass is 320 g/mol. The van der Waals surface area contributed by atoms with E-state index in [1.807, 2.05) is 25.3 Å². The van der Waals surface area contributed by atoms with Gasteiger partial charge < -0.3 is 15.7 Å². The van der Waals surface area contributed by atoms with Gasteiger partial charge in [-0.1, -0.05) is 13.8 Å². The SMILES string of the molecule is CC(C)[C@@H](CO)NC(=O)NCc1sccc1Br. The van der Waals surface area contributed by atoms with E-state index in [9.17, 15) is 4.79 Å². The summed E-state index contributed by atoms with van der Waals surface area (Å²) in [6.45, 7) is 4.35. The molecule has 1 atom stereocenters. The molecule has 0 aliphatic rings. The number of rotatable bonds is 5. The minimum atomic E-state index is -0.252. The zero-order chi connectivity index (χ0) is 12.8. The molecular formula is C11H17BrN2O2S. The molecule has 0 unspecified atom stereocenters. The highest BCUT2D eigenvalue weighted by Crippen LogP contribution is 2.21. The predicted octanol–water partition coefficient (Wildman–Crippen LogP) is 2.33. The van der Waals surface area contributed by atoms with Crippen molar-refractivity contribution in [1.82, 2.24) is 10.6 Å². The van der Waals surface area contributed by atoms with E-state index in [0.29, 0.717) is 6.54 Å². The summed E-state index contributed by atoms with van der Waals surface area (Å²) in [6.07, 6.45) is 0. The number of carbonyl (C=O) groups is 1. The summed E-state index contributed by atoms with van der Waals surface area (Å²) >= 11 is 4.99. The Morgan fingerprint density at radius 3 is 2.76 bits per heavy atom. The van der Waals surface area contributed by atoms with Crippen LogP contribution in [0.1, 0.15) is 18.7 Å². The molecule has 0 saturated heterocycles. The first-order chi connectivity index (χ1) is 8.04. The smallest absolute Gasteiger partial charge is 0.315 e. The van der Waals surface area contributed by atoms with E-state index < -0.39 is 0 Å².